The molecule has 0 amide bonds. The lowest BCUT2D eigenvalue weighted by molar-refractivity contribution is -0.274. The smallest absolute Gasteiger partial charge is 0.493 e. The maximum atomic E-state index is 12.2. The average Bonchev–Trinajstić information content (AvgIpc) is 2.87. The Balaban J connectivity index is 2.00. The standard InChI is InChI=1S/C14H15Br2F3O2/c15-8-13(5-1-2-6-13)9-20-10-3-4-12(11(16)7-10)21-14(17,18)19/h3-4,7H,1-2,5-6,8-9H2. The van der Waals surface area contributed by atoms with Gasteiger partial charge in [0.1, 0.15) is 11.5 Å². The van der Waals surface area contributed by atoms with E-state index in [9.17, 15) is 13.2 Å². The number of halogens is 5. The van der Waals surface area contributed by atoms with Crippen molar-refractivity contribution in [2.24, 2.45) is 5.41 Å². The molecule has 2 rings (SSSR count). The van der Waals surface area contributed by atoms with E-state index in [0.29, 0.717) is 12.4 Å². The highest BCUT2D eigenvalue weighted by atomic mass is 79.9. The van der Waals surface area contributed by atoms with Gasteiger partial charge in [-0.1, -0.05) is 28.8 Å². The number of hydrogen-bond acceptors (Lipinski definition) is 2. The summed E-state index contributed by atoms with van der Waals surface area (Å²) in [5.74, 6) is 0.259. The van der Waals surface area contributed by atoms with Crippen molar-refractivity contribution in [3.8, 4) is 11.5 Å². The molecule has 1 aliphatic carbocycles. The number of ether oxygens (including phenoxy) is 2. The summed E-state index contributed by atoms with van der Waals surface area (Å²) in [5, 5.41) is 0.871. The van der Waals surface area contributed by atoms with E-state index in [0.717, 1.165) is 18.2 Å². The van der Waals surface area contributed by atoms with E-state index in [1.807, 2.05) is 0 Å². The molecule has 21 heavy (non-hydrogen) atoms. The summed E-state index contributed by atoms with van der Waals surface area (Å²) < 4.78 is 46.4. The van der Waals surface area contributed by atoms with E-state index in [-0.39, 0.29) is 15.6 Å². The predicted molar refractivity (Wildman–Crippen MR) is 81.0 cm³/mol. The minimum atomic E-state index is -4.70. The molecule has 1 fully saturated rings. The van der Waals surface area contributed by atoms with Gasteiger partial charge >= 0.3 is 6.36 Å². The van der Waals surface area contributed by atoms with Crippen LogP contribution in [0.4, 0.5) is 13.2 Å². The first kappa shape index (κ1) is 16.9. The van der Waals surface area contributed by atoms with Crippen LogP contribution in [0.5, 0.6) is 11.5 Å². The first-order valence-electron chi connectivity index (χ1n) is 6.58. The Hall–Kier alpha value is -0.430. The van der Waals surface area contributed by atoms with E-state index in [2.05, 4.69) is 36.6 Å². The molecule has 0 N–H and O–H groups in total. The fraction of sp³-hybridized carbons (Fsp3) is 0.571. The third kappa shape index (κ3) is 4.77. The van der Waals surface area contributed by atoms with Crippen LogP contribution in [0.2, 0.25) is 0 Å². The van der Waals surface area contributed by atoms with Gasteiger partial charge in [-0.05, 0) is 47.0 Å². The van der Waals surface area contributed by atoms with Gasteiger partial charge in [0.15, 0.2) is 0 Å². The molecule has 7 heteroatoms. The van der Waals surface area contributed by atoms with E-state index in [1.165, 1.54) is 31.0 Å². The Kier molecular flexibility index (Phi) is 5.46. The minimum absolute atomic E-state index is 0.133. The van der Waals surface area contributed by atoms with Gasteiger partial charge in [0.05, 0.1) is 11.1 Å². The molecule has 0 aromatic heterocycles. The molecule has 0 radical (unpaired) electrons. The largest absolute Gasteiger partial charge is 0.573 e. The van der Waals surface area contributed by atoms with Crippen molar-refractivity contribution in [1.82, 2.24) is 0 Å². The van der Waals surface area contributed by atoms with Crippen LogP contribution >= 0.6 is 31.9 Å². The molecule has 0 saturated heterocycles. The topological polar surface area (TPSA) is 18.5 Å². The van der Waals surface area contributed by atoms with Gasteiger partial charge in [0, 0.05) is 10.7 Å². The maximum absolute atomic E-state index is 12.2. The van der Waals surface area contributed by atoms with Gasteiger partial charge in [-0.3, -0.25) is 0 Å². The zero-order valence-corrected chi connectivity index (χ0v) is 14.4. The van der Waals surface area contributed by atoms with Crippen LogP contribution in [-0.2, 0) is 0 Å². The molecule has 0 bridgehead atoms. The number of alkyl halides is 4. The average molecular weight is 432 g/mol. The molecule has 1 aromatic carbocycles. The fourth-order valence-electron chi connectivity index (χ4n) is 2.46. The van der Waals surface area contributed by atoms with Crippen LogP contribution in [0.1, 0.15) is 25.7 Å². The lowest BCUT2D eigenvalue weighted by Gasteiger charge is -2.26. The summed E-state index contributed by atoms with van der Waals surface area (Å²) in [4.78, 5) is 0. The van der Waals surface area contributed by atoms with Crippen LogP contribution < -0.4 is 9.47 Å². The SMILES string of the molecule is FC(F)(F)Oc1ccc(OCC2(CBr)CCCC2)cc1Br. The van der Waals surface area contributed by atoms with Crippen molar-refractivity contribution in [3.63, 3.8) is 0 Å². The molecule has 118 valence electrons. The fourth-order valence-corrected chi connectivity index (χ4v) is 3.62. The van der Waals surface area contributed by atoms with Crippen LogP contribution in [0.15, 0.2) is 22.7 Å². The molecule has 1 saturated carbocycles. The normalized spacial score (nSPS) is 17.8. The van der Waals surface area contributed by atoms with Gasteiger partial charge in [-0.25, -0.2) is 0 Å². The highest BCUT2D eigenvalue weighted by Gasteiger charge is 2.34. The Morgan fingerprint density at radius 1 is 1.19 bits per heavy atom. The lowest BCUT2D eigenvalue weighted by Crippen LogP contribution is -2.27. The second kappa shape index (κ2) is 6.77. The summed E-state index contributed by atoms with van der Waals surface area (Å²) >= 11 is 6.60. The Bertz CT molecular complexity index is 486. The first-order chi connectivity index (χ1) is 9.84. The summed E-state index contributed by atoms with van der Waals surface area (Å²) in [6.45, 7) is 0.560. The number of rotatable bonds is 5. The van der Waals surface area contributed by atoms with Crippen LogP contribution in [0.25, 0.3) is 0 Å². The van der Waals surface area contributed by atoms with Crippen molar-refractivity contribution in [2.75, 3.05) is 11.9 Å². The molecule has 0 aliphatic heterocycles. The van der Waals surface area contributed by atoms with Crippen molar-refractivity contribution in [1.29, 1.82) is 0 Å². The van der Waals surface area contributed by atoms with Crippen LogP contribution in [-0.4, -0.2) is 18.3 Å². The summed E-state index contributed by atoms with van der Waals surface area (Å²) in [7, 11) is 0. The van der Waals surface area contributed by atoms with E-state index in [4.69, 9.17) is 4.74 Å². The van der Waals surface area contributed by atoms with Gasteiger partial charge < -0.3 is 9.47 Å². The number of hydrogen-bond donors (Lipinski definition) is 0. The van der Waals surface area contributed by atoms with Gasteiger partial charge in [-0.15, -0.1) is 13.2 Å². The Morgan fingerprint density at radius 3 is 2.38 bits per heavy atom. The minimum Gasteiger partial charge on any atom is -0.493 e. The molecule has 0 atom stereocenters. The first-order valence-corrected chi connectivity index (χ1v) is 8.49. The molecule has 2 nitrogen and oxygen atoms in total. The monoisotopic (exact) mass is 430 g/mol. The van der Waals surface area contributed by atoms with Crippen molar-refractivity contribution in [3.05, 3.63) is 22.7 Å². The quantitative estimate of drug-likeness (QED) is 0.558. The maximum Gasteiger partial charge on any atom is 0.573 e. The molecule has 0 heterocycles. The number of benzene rings is 1. The highest BCUT2D eigenvalue weighted by Crippen LogP contribution is 2.40. The van der Waals surface area contributed by atoms with Gasteiger partial charge in [0.25, 0.3) is 0 Å². The lowest BCUT2D eigenvalue weighted by atomic mass is 9.90. The molecule has 1 aliphatic rings. The molecule has 0 unspecified atom stereocenters. The molecule has 0 spiro atoms. The van der Waals surface area contributed by atoms with Crippen molar-refractivity contribution < 1.29 is 22.6 Å². The van der Waals surface area contributed by atoms with Crippen molar-refractivity contribution in [2.45, 2.75) is 32.0 Å². The third-order valence-corrected chi connectivity index (χ3v) is 5.43. The second-order valence-electron chi connectivity index (χ2n) is 5.27. The van der Waals surface area contributed by atoms with Crippen LogP contribution in [0, 0.1) is 5.41 Å². The van der Waals surface area contributed by atoms with Gasteiger partial charge in [0.2, 0.25) is 0 Å². The van der Waals surface area contributed by atoms with E-state index in [1.54, 1.807) is 0 Å². The molecular formula is C14H15Br2F3O2. The molecule has 1 aromatic rings. The van der Waals surface area contributed by atoms with Crippen molar-refractivity contribution >= 4 is 31.9 Å². The predicted octanol–water partition coefficient (Wildman–Crippen LogP) is 5.68. The zero-order chi connectivity index (χ0) is 15.5. The second-order valence-corrected chi connectivity index (χ2v) is 6.68. The molecular weight excluding hydrogens is 417 g/mol. The van der Waals surface area contributed by atoms with E-state index >= 15 is 0 Å². The summed E-state index contributed by atoms with van der Waals surface area (Å²) in [6.07, 6.45) is -0.105. The van der Waals surface area contributed by atoms with Crippen LogP contribution in [0.3, 0.4) is 0 Å². The summed E-state index contributed by atoms with van der Waals surface area (Å²) in [6, 6.07) is 4.24. The third-order valence-electron chi connectivity index (χ3n) is 3.62. The van der Waals surface area contributed by atoms with E-state index < -0.39 is 6.36 Å². The Labute approximate surface area is 138 Å². The summed E-state index contributed by atoms with van der Waals surface area (Å²) in [5.41, 5.74) is 0.133. The van der Waals surface area contributed by atoms with Gasteiger partial charge in [-0.2, -0.15) is 0 Å². The zero-order valence-electron chi connectivity index (χ0n) is 11.2. The highest BCUT2D eigenvalue weighted by molar-refractivity contribution is 9.10. The Morgan fingerprint density at radius 2 is 1.86 bits per heavy atom.